The topological polar surface area (TPSA) is 88.5 Å². The Bertz CT molecular complexity index is 783. The van der Waals surface area contributed by atoms with Gasteiger partial charge in [0.2, 0.25) is 0 Å². The van der Waals surface area contributed by atoms with Gasteiger partial charge in [-0.2, -0.15) is 0 Å². The second-order valence-corrected chi connectivity index (χ2v) is 4.89. The highest BCUT2D eigenvalue weighted by molar-refractivity contribution is 6.04. The Morgan fingerprint density at radius 2 is 2.09 bits per heavy atom. The summed E-state index contributed by atoms with van der Waals surface area (Å²) in [6.45, 7) is 1.12. The molecule has 0 saturated carbocycles. The van der Waals surface area contributed by atoms with E-state index in [0.717, 1.165) is 16.3 Å². The number of carbonyl (C=O) groups is 2. The summed E-state index contributed by atoms with van der Waals surface area (Å²) >= 11 is 0. The number of nitrogens with zero attached hydrogens (tertiary/aromatic N) is 1. The van der Waals surface area contributed by atoms with Crippen molar-refractivity contribution in [3.05, 3.63) is 47.8 Å². The minimum Gasteiger partial charge on any atom is -0.465 e. The fourth-order valence-corrected chi connectivity index (χ4v) is 2.46. The smallest absolute Gasteiger partial charge is 0.411 e. The zero-order chi connectivity index (χ0) is 15.5. The lowest BCUT2D eigenvalue weighted by atomic mass is 10.00. The molecule has 3 rings (SSSR count). The number of amides is 2. The number of hydrogen-bond acceptors (Lipinski definition) is 4. The largest absolute Gasteiger partial charge is 0.465 e. The molecule has 112 valence electrons. The third-order valence-electron chi connectivity index (χ3n) is 3.46. The maximum Gasteiger partial charge on any atom is 0.411 e. The Kier molecular flexibility index (Phi) is 3.84. The zero-order valence-corrected chi connectivity index (χ0v) is 11.7. The van der Waals surface area contributed by atoms with Crippen LogP contribution in [0.15, 0.2) is 36.4 Å². The van der Waals surface area contributed by atoms with Crippen LogP contribution in [0.3, 0.4) is 0 Å². The molecule has 6 nitrogen and oxygen atoms in total. The van der Waals surface area contributed by atoms with Crippen molar-refractivity contribution in [1.82, 2.24) is 10.3 Å². The number of carboxylic acid groups (broad SMARTS) is 1. The lowest BCUT2D eigenvalue weighted by Crippen LogP contribution is -2.29. The molecule has 1 aliphatic rings. The Hall–Kier alpha value is -2.73. The highest BCUT2D eigenvalue weighted by atomic mass is 16.5. The van der Waals surface area contributed by atoms with Crippen molar-refractivity contribution >= 4 is 28.3 Å². The minimum atomic E-state index is -1.40. The van der Waals surface area contributed by atoms with Crippen LogP contribution in [0.25, 0.3) is 16.3 Å². The molecule has 2 N–H and O–H groups in total. The molecule has 1 aromatic heterocycles. The van der Waals surface area contributed by atoms with Crippen LogP contribution in [-0.2, 0) is 4.74 Å². The van der Waals surface area contributed by atoms with Gasteiger partial charge in [-0.05, 0) is 23.4 Å². The molecule has 0 radical (unpaired) electrons. The third kappa shape index (κ3) is 2.82. The SMILES string of the molecule is O=C(O)NC(=O)c1cc2ccccc2c(C2=CCOCC2)n1. The van der Waals surface area contributed by atoms with Crippen molar-refractivity contribution in [1.29, 1.82) is 0 Å². The van der Waals surface area contributed by atoms with Gasteiger partial charge in [0.05, 0.1) is 18.9 Å². The number of pyridine rings is 1. The molecule has 0 bridgehead atoms. The number of carbonyl (C=O) groups excluding carboxylic acids is 1. The van der Waals surface area contributed by atoms with Crippen LogP contribution >= 0.6 is 0 Å². The molecule has 0 unspecified atom stereocenters. The number of nitrogens with one attached hydrogen (secondary N) is 1. The van der Waals surface area contributed by atoms with E-state index in [1.807, 2.05) is 35.7 Å². The number of imide groups is 1. The number of hydrogen-bond donors (Lipinski definition) is 2. The van der Waals surface area contributed by atoms with E-state index in [2.05, 4.69) is 4.98 Å². The van der Waals surface area contributed by atoms with E-state index in [1.165, 1.54) is 0 Å². The average molecular weight is 298 g/mol. The van der Waals surface area contributed by atoms with Crippen molar-refractivity contribution < 1.29 is 19.4 Å². The highest BCUT2D eigenvalue weighted by Crippen LogP contribution is 2.27. The summed E-state index contributed by atoms with van der Waals surface area (Å²) < 4.78 is 5.30. The van der Waals surface area contributed by atoms with Crippen molar-refractivity contribution in [3.8, 4) is 0 Å². The summed E-state index contributed by atoms with van der Waals surface area (Å²) in [5.41, 5.74) is 1.80. The molecule has 2 aromatic rings. The Morgan fingerprint density at radius 1 is 1.27 bits per heavy atom. The normalized spacial score (nSPS) is 14.5. The van der Waals surface area contributed by atoms with Gasteiger partial charge in [-0.25, -0.2) is 9.78 Å². The number of aromatic nitrogens is 1. The molecule has 1 aromatic carbocycles. The van der Waals surface area contributed by atoms with Crippen LogP contribution in [0.2, 0.25) is 0 Å². The molecule has 0 fully saturated rings. The highest BCUT2D eigenvalue weighted by Gasteiger charge is 2.17. The van der Waals surface area contributed by atoms with E-state index in [0.29, 0.717) is 25.3 Å². The van der Waals surface area contributed by atoms with Gasteiger partial charge in [-0.15, -0.1) is 0 Å². The lowest BCUT2D eigenvalue weighted by molar-refractivity contribution is 0.0943. The average Bonchev–Trinajstić information content (AvgIpc) is 2.54. The van der Waals surface area contributed by atoms with Gasteiger partial charge in [-0.3, -0.25) is 10.1 Å². The first-order valence-corrected chi connectivity index (χ1v) is 6.86. The van der Waals surface area contributed by atoms with Gasteiger partial charge in [-0.1, -0.05) is 30.3 Å². The summed E-state index contributed by atoms with van der Waals surface area (Å²) in [5, 5.41) is 12.3. The Labute approximate surface area is 126 Å². The molecule has 0 aliphatic carbocycles. The maximum absolute atomic E-state index is 11.9. The molecule has 0 atom stereocenters. The Balaban J connectivity index is 2.14. The molecule has 2 amide bonds. The first-order chi connectivity index (χ1) is 10.6. The van der Waals surface area contributed by atoms with E-state index < -0.39 is 12.0 Å². The molecule has 1 aliphatic heterocycles. The second kappa shape index (κ2) is 5.95. The minimum absolute atomic E-state index is 0.0866. The fourth-order valence-electron chi connectivity index (χ4n) is 2.46. The van der Waals surface area contributed by atoms with E-state index in [-0.39, 0.29) is 5.69 Å². The second-order valence-electron chi connectivity index (χ2n) is 4.89. The molecule has 6 heteroatoms. The summed E-state index contributed by atoms with van der Waals surface area (Å²) in [7, 11) is 0. The third-order valence-corrected chi connectivity index (χ3v) is 3.46. The standard InChI is InChI=1S/C16H14N2O4/c19-15(18-16(20)21)13-9-11-3-1-2-4-12(11)14(17-13)10-5-7-22-8-6-10/h1-5,9H,6-8H2,(H,18,19)(H,20,21). The molecular formula is C16H14N2O4. The fraction of sp³-hybridized carbons (Fsp3) is 0.188. The summed E-state index contributed by atoms with van der Waals surface area (Å²) in [4.78, 5) is 27.0. The van der Waals surface area contributed by atoms with Gasteiger partial charge >= 0.3 is 6.09 Å². The van der Waals surface area contributed by atoms with Crippen LogP contribution < -0.4 is 5.32 Å². The number of rotatable bonds is 2. The number of fused-ring (bicyclic) bond motifs is 1. The zero-order valence-electron chi connectivity index (χ0n) is 11.7. The van der Waals surface area contributed by atoms with Crippen LogP contribution in [0.1, 0.15) is 22.6 Å². The van der Waals surface area contributed by atoms with E-state index in [4.69, 9.17) is 9.84 Å². The van der Waals surface area contributed by atoms with Crippen molar-refractivity contribution in [2.75, 3.05) is 13.2 Å². The van der Waals surface area contributed by atoms with Gasteiger partial charge in [0.1, 0.15) is 5.69 Å². The predicted octanol–water partition coefficient (Wildman–Crippen LogP) is 2.45. The first-order valence-electron chi connectivity index (χ1n) is 6.86. The quantitative estimate of drug-likeness (QED) is 0.889. The van der Waals surface area contributed by atoms with E-state index in [1.54, 1.807) is 6.07 Å². The van der Waals surface area contributed by atoms with Crippen LogP contribution in [0, 0.1) is 0 Å². The molecule has 0 spiro atoms. The Morgan fingerprint density at radius 3 is 2.82 bits per heavy atom. The maximum atomic E-state index is 11.9. The molecule has 22 heavy (non-hydrogen) atoms. The molecule has 0 saturated heterocycles. The van der Waals surface area contributed by atoms with Crippen LogP contribution in [0.5, 0.6) is 0 Å². The molecule has 2 heterocycles. The van der Waals surface area contributed by atoms with Crippen molar-refractivity contribution in [3.63, 3.8) is 0 Å². The van der Waals surface area contributed by atoms with E-state index in [9.17, 15) is 9.59 Å². The first kappa shape index (κ1) is 14.2. The van der Waals surface area contributed by atoms with Gasteiger partial charge in [0.25, 0.3) is 5.91 Å². The number of benzene rings is 1. The predicted molar refractivity (Wildman–Crippen MR) is 80.6 cm³/mol. The summed E-state index contributed by atoms with van der Waals surface area (Å²) in [6.07, 6.45) is 1.25. The number of ether oxygens (including phenoxy) is 1. The van der Waals surface area contributed by atoms with Crippen LogP contribution in [-0.4, -0.2) is 35.3 Å². The van der Waals surface area contributed by atoms with Crippen molar-refractivity contribution in [2.24, 2.45) is 0 Å². The van der Waals surface area contributed by atoms with Gasteiger partial charge < -0.3 is 9.84 Å². The molecular weight excluding hydrogens is 284 g/mol. The van der Waals surface area contributed by atoms with Gasteiger partial charge in [0.15, 0.2) is 0 Å². The van der Waals surface area contributed by atoms with Crippen LogP contribution in [0.4, 0.5) is 4.79 Å². The van der Waals surface area contributed by atoms with Gasteiger partial charge in [0, 0.05) is 5.39 Å². The van der Waals surface area contributed by atoms with E-state index >= 15 is 0 Å². The van der Waals surface area contributed by atoms with Crippen molar-refractivity contribution in [2.45, 2.75) is 6.42 Å². The lowest BCUT2D eigenvalue weighted by Gasteiger charge is -2.16. The summed E-state index contributed by atoms with van der Waals surface area (Å²) in [5.74, 6) is -0.729. The summed E-state index contributed by atoms with van der Waals surface area (Å²) in [6, 6.07) is 9.18. The monoisotopic (exact) mass is 298 g/mol.